The molecule has 0 bridgehead atoms. The molecule has 0 aliphatic heterocycles. The average Bonchev–Trinajstić information content (AvgIpc) is 2.79. The molecule has 1 amide bonds. The first-order valence-electron chi connectivity index (χ1n) is 9.97. The first-order chi connectivity index (χ1) is 15.4. The van der Waals surface area contributed by atoms with Gasteiger partial charge < -0.3 is 4.74 Å². The lowest BCUT2D eigenvalue weighted by atomic mass is 10.0. The number of nitrogens with one attached hydrogen (secondary N) is 2. The molecule has 166 valence electrons. The normalized spacial score (nSPS) is 12.4. The van der Waals surface area contributed by atoms with Crippen molar-refractivity contribution in [2.75, 3.05) is 7.11 Å². The molecule has 3 aromatic rings. The number of carbonyl (C=O) groups is 1. The Bertz CT molecular complexity index is 1180. The van der Waals surface area contributed by atoms with E-state index in [4.69, 9.17) is 4.74 Å². The molecule has 0 unspecified atom stereocenters. The van der Waals surface area contributed by atoms with E-state index < -0.39 is 22.0 Å². The van der Waals surface area contributed by atoms with Gasteiger partial charge >= 0.3 is 0 Å². The van der Waals surface area contributed by atoms with Crippen molar-refractivity contribution in [3.63, 3.8) is 0 Å². The van der Waals surface area contributed by atoms with Crippen molar-refractivity contribution in [3.05, 3.63) is 95.6 Å². The van der Waals surface area contributed by atoms with Crippen LogP contribution in [0.5, 0.6) is 5.75 Å². The maximum Gasteiger partial charge on any atom is 0.242 e. The van der Waals surface area contributed by atoms with E-state index in [0.717, 1.165) is 11.1 Å². The minimum Gasteiger partial charge on any atom is -0.497 e. The maximum absolute atomic E-state index is 12.9. The van der Waals surface area contributed by atoms with Gasteiger partial charge in [0.1, 0.15) is 5.75 Å². The Morgan fingerprint density at radius 1 is 1.03 bits per heavy atom. The van der Waals surface area contributed by atoms with Crippen LogP contribution in [0.25, 0.3) is 0 Å². The first kappa shape index (κ1) is 23.2. The zero-order valence-electron chi connectivity index (χ0n) is 17.9. The van der Waals surface area contributed by atoms with Crippen molar-refractivity contribution >= 4 is 22.1 Å². The zero-order chi connectivity index (χ0) is 23.0. The second kappa shape index (κ2) is 10.7. The quantitative estimate of drug-likeness (QED) is 0.384. The summed E-state index contributed by atoms with van der Waals surface area (Å²) in [6, 6.07) is 22.0. The van der Waals surface area contributed by atoms with Gasteiger partial charge in [-0.25, -0.2) is 18.6 Å². The summed E-state index contributed by atoms with van der Waals surface area (Å²) >= 11 is 0. The number of nitrogens with zero attached hydrogens (tertiary/aromatic N) is 1. The summed E-state index contributed by atoms with van der Waals surface area (Å²) in [4.78, 5) is 12.7. The highest BCUT2D eigenvalue weighted by atomic mass is 32.2. The van der Waals surface area contributed by atoms with Crippen LogP contribution >= 0.6 is 0 Å². The number of carbonyl (C=O) groups excluding carboxylic acids is 1. The van der Waals surface area contributed by atoms with Crippen LogP contribution in [0.15, 0.2) is 88.9 Å². The molecular weight excluding hydrogens is 426 g/mol. The van der Waals surface area contributed by atoms with Crippen molar-refractivity contribution < 1.29 is 17.9 Å². The fourth-order valence-electron chi connectivity index (χ4n) is 3.02. The zero-order valence-corrected chi connectivity index (χ0v) is 18.7. The lowest BCUT2D eigenvalue weighted by Gasteiger charge is -2.18. The van der Waals surface area contributed by atoms with E-state index in [1.807, 2.05) is 25.1 Å². The van der Waals surface area contributed by atoms with Crippen LogP contribution in [0, 0.1) is 6.92 Å². The largest absolute Gasteiger partial charge is 0.497 e. The Labute approximate surface area is 188 Å². The Balaban J connectivity index is 1.72. The topological polar surface area (TPSA) is 96.9 Å². The Morgan fingerprint density at radius 2 is 1.75 bits per heavy atom. The van der Waals surface area contributed by atoms with Gasteiger partial charge in [-0.15, -0.1) is 0 Å². The molecule has 0 heterocycles. The Kier molecular flexibility index (Phi) is 7.75. The molecule has 2 N–H and O–H groups in total. The summed E-state index contributed by atoms with van der Waals surface area (Å²) in [5.74, 6) is 0.250. The van der Waals surface area contributed by atoms with Crippen molar-refractivity contribution in [1.82, 2.24) is 10.1 Å². The van der Waals surface area contributed by atoms with E-state index in [1.165, 1.54) is 18.3 Å². The standard InChI is InChI=1S/C24H25N3O4S/c1-18-11-13-22(14-12-18)32(29,30)27-23(20-8-4-3-5-9-20)16-24(28)26-25-17-19-7-6-10-21(15-19)31-2/h3-15,17,23,27H,16H2,1-2H3,(H,26,28)/b25-17-/t23-/m0/s1. The summed E-state index contributed by atoms with van der Waals surface area (Å²) in [7, 11) is -2.25. The van der Waals surface area contributed by atoms with Crippen molar-refractivity contribution in [1.29, 1.82) is 0 Å². The lowest BCUT2D eigenvalue weighted by molar-refractivity contribution is -0.121. The number of aryl methyl sites for hydroxylation is 1. The van der Waals surface area contributed by atoms with Crippen LogP contribution in [0.4, 0.5) is 0 Å². The number of hydrazone groups is 1. The molecule has 3 rings (SSSR count). The van der Waals surface area contributed by atoms with E-state index >= 15 is 0 Å². The highest BCUT2D eigenvalue weighted by Gasteiger charge is 2.23. The fraction of sp³-hybridized carbons (Fsp3) is 0.167. The van der Waals surface area contributed by atoms with E-state index in [1.54, 1.807) is 55.6 Å². The maximum atomic E-state index is 12.9. The average molecular weight is 452 g/mol. The number of methoxy groups -OCH3 is 1. The van der Waals surface area contributed by atoms with E-state index in [0.29, 0.717) is 11.3 Å². The monoisotopic (exact) mass is 451 g/mol. The summed E-state index contributed by atoms with van der Waals surface area (Å²) in [6.07, 6.45) is 1.37. The third-order valence-corrected chi connectivity index (χ3v) is 6.20. The molecule has 0 saturated heterocycles. The van der Waals surface area contributed by atoms with Gasteiger partial charge in [0.2, 0.25) is 15.9 Å². The molecule has 0 aliphatic carbocycles. The molecular formula is C24H25N3O4S. The Hall–Kier alpha value is -3.49. The number of hydrogen-bond acceptors (Lipinski definition) is 5. The summed E-state index contributed by atoms with van der Waals surface area (Å²) in [5, 5.41) is 3.97. The van der Waals surface area contributed by atoms with E-state index in [-0.39, 0.29) is 11.3 Å². The minimum absolute atomic E-state index is 0.120. The van der Waals surface area contributed by atoms with Gasteiger partial charge in [0.15, 0.2) is 0 Å². The number of rotatable bonds is 9. The summed E-state index contributed by atoms with van der Waals surface area (Å²) in [6.45, 7) is 1.88. The van der Waals surface area contributed by atoms with Crippen molar-refractivity contribution in [2.24, 2.45) is 5.10 Å². The molecule has 0 aliphatic rings. The first-order valence-corrected chi connectivity index (χ1v) is 11.5. The molecule has 8 heteroatoms. The number of sulfonamides is 1. The van der Waals surface area contributed by atoms with Gasteiger partial charge in [-0.05, 0) is 42.3 Å². The molecule has 0 radical (unpaired) electrons. The van der Waals surface area contributed by atoms with Crippen molar-refractivity contribution in [3.8, 4) is 5.75 Å². The van der Waals surface area contributed by atoms with Crippen LogP contribution in [-0.4, -0.2) is 27.6 Å². The van der Waals surface area contributed by atoms with Crippen molar-refractivity contribution in [2.45, 2.75) is 24.3 Å². The van der Waals surface area contributed by atoms with Gasteiger partial charge in [-0.1, -0.05) is 60.2 Å². The van der Waals surface area contributed by atoms with Gasteiger partial charge in [0.25, 0.3) is 0 Å². The van der Waals surface area contributed by atoms with Gasteiger partial charge in [0.05, 0.1) is 24.3 Å². The Morgan fingerprint density at radius 3 is 2.44 bits per heavy atom. The number of benzene rings is 3. The molecule has 0 saturated carbocycles. The highest BCUT2D eigenvalue weighted by Crippen LogP contribution is 2.21. The van der Waals surface area contributed by atoms with Crippen LogP contribution in [0.2, 0.25) is 0 Å². The minimum atomic E-state index is -3.82. The summed E-state index contributed by atoms with van der Waals surface area (Å²) in [5.41, 5.74) is 4.84. The molecule has 32 heavy (non-hydrogen) atoms. The van der Waals surface area contributed by atoms with E-state index in [2.05, 4.69) is 15.2 Å². The van der Waals surface area contributed by atoms with Crippen LogP contribution in [-0.2, 0) is 14.8 Å². The highest BCUT2D eigenvalue weighted by molar-refractivity contribution is 7.89. The molecule has 0 aromatic heterocycles. The fourth-order valence-corrected chi connectivity index (χ4v) is 4.24. The number of amides is 1. The van der Waals surface area contributed by atoms with Gasteiger partial charge in [0, 0.05) is 6.42 Å². The third-order valence-electron chi connectivity index (χ3n) is 4.72. The molecule has 1 atom stereocenters. The second-order valence-corrected chi connectivity index (χ2v) is 8.89. The smallest absolute Gasteiger partial charge is 0.242 e. The SMILES string of the molecule is COc1cccc(/C=N\NC(=O)C[C@H](NS(=O)(=O)c2ccc(C)cc2)c2ccccc2)c1. The van der Waals surface area contributed by atoms with Crippen LogP contribution in [0.3, 0.4) is 0 Å². The molecule has 0 fully saturated rings. The predicted octanol–water partition coefficient (Wildman–Crippen LogP) is 3.56. The number of ether oxygens (including phenoxy) is 1. The molecule has 3 aromatic carbocycles. The van der Waals surface area contributed by atoms with Gasteiger partial charge in [-0.3, -0.25) is 4.79 Å². The van der Waals surface area contributed by atoms with E-state index in [9.17, 15) is 13.2 Å². The van der Waals surface area contributed by atoms with Crippen LogP contribution < -0.4 is 14.9 Å². The number of hydrogen-bond donors (Lipinski definition) is 2. The predicted molar refractivity (Wildman–Crippen MR) is 124 cm³/mol. The van der Waals surface area contributed by atoms with Crippen LogP contribution in [0.1, 0.15) is 29.2 Å². The summed E-state index contributed by atoms with van der Waals surface area (Å²) < 4.78 is 33.6. The molecule has 7 nitrogen and oxygen atoms in total. The molecule has 0 spiro atoms. The lowest BCUT2D eigenvalue weighted by Crippen LogP contribution is -2.32. The third kappa shape index (κ3) is 6.50. The second-order valence-electron chi connectivity index (χ2n) is 7.17. The van der Waals surface area contributed by atoms with Gasteiger partial charge in [-0.2, -0.15) is 5.10 Å².